The number of carbonyl (C=O) groups excluding carboxylic acids is 1. The van der Waals surface area contributed by atoms with Crippen molar-refractivity contribution in [2.45, 2.75) is 33.4 Å². The zero-order valence-electron chi connectivity index (χ0n) is 21.9. The van der Waals surface area contributed by atoms with Crippen molar-refractivity contribution in [2.24, 2.45) is 7.05 Å². The van der Waals surface area contributed by atoms with Crippen LogP contribution in [0.3, 0.4) is 0 Å². The molecule has 0 bridgehead atoms. The molecule has 5 aromatic rings. The fourth-order valence-electron chi connectivity index (χ4n) is 4.38. The Hall–Kier alpha value is -4.43. The number of benzene rings is 3. The molecular weight excluding hydrogens is 480 g/mol. The molecule has 0 saturated carbocycles. The second-order valence-corrected chi connectivity index (χ2v) is 9.20. The number of carboxylic acids is 1. The number of carboxylic acid groups (broad SMARTS) is 1. The number of ether oxygens (including phenoxy) is 1. The second-order valence-electron chi connectivity index (χ2n) is 9.20. The Bertz CT molecular complexity index is 1630. The summed E-state index contributed by atoms with van der Waals surface area (Å²) in [6.07, 6.45) is 2.99. The first-order chi connectivity index (χ1) is 18.3. The average molecular weight is 513 g/mol. The summed E-state index contributed by atoms with van der Waals surface area (Å²) in [5.74, 6) is -0.285. The molecule has 3 N–H and O–H groups in total. The van der Waals surface area contributed by atoms with E-state index < -0.39 is 5.97 Å². The van der Waals surface area contributed by atoms with Crippen molar-refractivity contribution in [3.8, 4) is 17.0 Å². The molecule has 0 atom stereocenters. The molecule has 0 aliphatic rings. The van der Waals surface area contributed by atoms with Gasteiger partial charge in [-0.1, -0.05) is 36.4 Å². The maximum Gasteiger partial charge on any atom is 0.277 e. The Labute approximate surface area is 220 Å². The quantitative estimate of drug-likeness (QED) is 0.360. The molecule has 3 aromatic carbocycles. The predicted octanol–water partition coefficient (Wildman–Crippen LogP) is 2.83. The van der Waals surface area contributed by atoms with E-state index in [0.29, 0.717) is 12.3 Å². The summed E-state index contributed by atoms with van der Waals surface area (Å²) in [7, 11) is 1.81. The van der Waals surface area contributed by atoms with E-state index in [9.17, 15) is 4.79 Å². The lowest BCUT2D eigenvalue weighted by Gasteiger charge is -2.09. The number of aromatic nitrogens is 3. The molecule has 2 aromatic heterocycles. The summed E-state index contributed by atoms with van der Waals surface area (Å²) in [4.78, 5) is 27.0. The van der Waals surface area contributed by atoms with Crippen LogP contribution >= 0.6 is 0 Å². The lowest BCUT2D eigenvalue weighted by Crippen LogP contribution is -2.50. The Morgan fingerprint density at radius 3 is 2.50 bits per heavy atom. The number of hydrogen-bond acceptors (Lipinski definition) is 5. The Kier molecular flexibility index (Phi) is 8.23. The fraction of sp³-hybridized carbons (Fsp3) is 0.233. The number of rotatable bonds is 7. The minimum Gasteiger partial charge on any atom is -0.550 e. The van der Waals surface area contributed by atoms with Crippen LogP contribution in [-0.2, 0) is 25.0 Å². The molecule has 0 saturated heterocycles. The molecule has 5 rings (SSSR count). The van der Waals surface area contributed by atoms with Crippen LogP contribution in [0.1, 0.15) is 24.5 Å². The van der Waals surface area contributed by atoms with Gasteiger partial charge in [0.1, 0.15) is 18.1 Å². The summed E-state index contributed by atoms with van der Waals surface area (Å²) in [5, 5.41) is 9.88. The van der Waals surface area contributed by atoms with Crippen LogP contribution in [0.25, 0.3) is 33.2 Å². The second kappa shape index (κ2) is 11.7. The van der Waals surface area contributed by atoms with Crippen LogP contribution < -0.4 is 21.1 Å². The summed E-state index contributed by atoms with van der Waals surface area (Å²) in [6, 6.07) is 22.2. The molecule has 0 amide bonds. The van der Waals surface area contributed by atoms with E-state index >= 15 is 0 Å². The number of hydrogen-bond donors (Lipinski definition) is 1. The molecule has 0 radical (unpaired) electrons. The Balaban J connectivity index is 0.000000786. The highest BCUT2D eigenvalue weighted by Crippen LogP contribution is 2.32. The van der Waals surface area contributed by atoms with Crippen molar-refractivity contribution in [3.05, 3.63) is 94.4 Å². The third-order valence-corrected chi connectivity index (χ3v) is 6.24. The highest BCUT2D eigenvalue weighted by Gasteiger charge is 2.18. The minimum atomic E-state index is -1.08. The molecule has 2 heterocycles. The van der Waals surface area contributed by atoms with Crippen LogP contribution in [0.15, 0.2) is 77.7 Å². The molecule has 0 aliphatic carbocycles. The normalized spacial score (nSPS) is 10.8. The molecule has 196 valence electrons. The van der Waals surface area contributed by atoms with Gasteiger partial charge in [-0.3, -0.25) is 4.79 Å². The van der Waals surface area contributed by atoms with Crippen LogP contribution in [-0.4, -0.2) is 26.6 Å². The van der Waals surface area contributed by atoms with Crippen LogP contribution in [0.5, 0.6) is 5.75 Å². The van der Waals surface area contributed by atoms with E-state index in [-0.39, 0.29) is 5.56 Å². The van der Waals surface area contributed by atoms with Gasteiger partial charge in [-0.25, -0.2) is 4.98 Å². The summed E-state index contributed by atoms with van der Waals surface area (Å²) < 4.78 is 9.96. The van der Waals surface area contributed by atoms with Gasteiger partial charge in [0, 0.05) is 49.2 Å². The van der Waals surface area contributed by atoms with Crippen LogP contribution in [0.4, 0.5) is 0 Å². The van der Waals surface area contributed by atoms with E-state index in [2.05, 4.69) is 28.5 Å². The number of aryl methyl sites for hydroxylation is 3. The van der Waals surface area contributed by atoms with E-state index in [1.54, 1.807) is 4.57 Å². The molecule has 0 aliphatic heterocycles. The molecule has 0 fully saturated rings. The molecule has 0 unspecified atom stereocenters. The molecule has 8 heteroatoms. The van der Waals surface area contributed by atoms with Gasteiger partial charge in [0.15, 0.2) is 0 Å². The van der Waals surface area contributed by atoms with Crippen molar-refractivity contribution in [1.82, 2.24) is 14.1 Å². The topological polar surface area (TPSA) is 117 Å². The molecule has 0 spiro atoms. The minimum absolute atomic E-state index is 0.100. The maximum absolute atomic E-state index is 13.3. The van der Waals surface area contributed by atoms with Gasteiger partial charge in [0.25, 0.3) is 5.56 Å². The average Bonchev–Trinajstić information content (AvgIpc) is 3.26. The van der Waals surface area contributed by atoms with E-state index in [0.717, 1.165) is 70.8 Å². The number of quaternary nitrogens is 1. The van der Waals surface area contributed by atoms with Crippen molar-refractivity contribution in [1.29, 1.82) is 0 Å². The van der Waals surface area contributed by atoms with E-state index in [4.69, 9.17) is 19.6 Å². The van der Waals surface area contributed by atoms with Crippen LogP contribution in [0, 0.1) is 6.92 Å². The molecule has 8 nitrogen and oxygen atoms in total. The highest BCUT2D eigenvalue weighted by atomic mass is 16.5. The first-order valence-corrected chi connectivity index (χ1v) is 12.5. The predicted molar refractivity (Wildman–Crippen MR) is 146 cm³/mol. The van der Waals surface area contributed by atoms with Crippen molar-refractivity contribution < 1.29 is 20.4 Å². The van der Waals surface area contributed by atoms with Gasteiger partial charge < -0.3 is 29.5 Å². The van der Waals surface area contributed by atoms with Gasteiger partial charge in [0.2, 0.25) is 0 Å². The highest BCUT2D eigenvalue weighted by molar-refractivity contribution is 5.96. The SMILES string of the molecule is CC(=O)[O-].Cc1ccc2c(c1)nc(-c1cn(CCC[NH3+])c3cc(OCc4ccccc4)ccc13)c(=O)n2C. The maximum atomic E-state index is 13.3. The van der Waals surface area contributed by atoms with Gasteiger partial charge in [-0.05, 0) is 49.2 Å². The Morgan fingerprint density at radius 2 is 1.79 bits per heavy atom. The van der Waals surface area contributed by atoms with Gasteiger partial charge in [0.05, 0.1) is 23.1 Å². The number of nitrogens with zero attached hydrogens (tertiary/aromatic N) is 3. The lowest BCUT2D eigenvalue weighted by molar-refractivity contribution is -0.368. The number of fused-ring (bicyclic) bond motifs is 2. The van der Waals surface area contributed by atoms with Crippen molar-refractivity contribution in [2.75, 3.05) is 6.54 Å². The van der Waals surface area contributed by atoms with Crippen molar-refractivity contribution in [3.63, 3.8) is 0 Å². The Morgan fingerprint density at radius 1 is 1.05 bits per heavy atom. The summed E-state index contributed by atoms with van der Waals surface area (Å²) >= 11 is 0. The first kappa shape index (κ1) is 26.6. The largest absolute Gasteiger partial charge is 0.550 e. The van der Waals surface area contributed by atoms with Crippen molar-refractivity contribution >= 4 is 27.9 Å². The lowest BCUT2D eigenvalue weighted by atomic mass is 10.1. The third-order valence-electron chi connectivity index (χ3n) is 6.24. The van der Waals surface area contributed by atoms with E-state index in [1.165, 1.54) is 0 Å². The molecular formula is C30H32N4O4. The number of aliphatic carboxylic acids is 1. The number of carbonyl (C=O) groups is 1. The fourth-order valence-corrected chi connectivity index (χ4v) is 4.38. The van der Waals surface area contributed by atoms with E-state index in [1.807, 2.05) is 68.7 Å². The third kappa shape index (κ3) is 5.92. The van der Waals surface area contributed by atoms with Gasteiger partial charge in [-0.15, -0.1) is 0 Å². The summed E-state index contributed by atoms with van der Waals surface area (Å²) in [6.45, 7) is 5.17. The van der Waals surface area contributed by atoms with Crippen LogP contribution in [0.2, 0.25) is 0 Å². The first-order valence-electron chi connectivity index (χ1n) is 12.5. The standard InChI is InChI=1S/C28H28N4O2.C2H4O2/c1-19-9-12-25-24(15-19)30-27(28(33)31(25)2)23-17-32(14-6-13-29)26-16-21(10-11-22(23)26)34-18-20-7-4-3-5-8-20;1-2(3)4/h3-5,7-12,15-17H,6,13-14,18,29H2,1-2H3;1H3,(H,3,4). The van der Waals surface area contributed by atoms with Gasteiger partial charge in [-0.2, -0.15) is 0 Å². The summed E-state index contributed by atoms with van der Waals surface area (Å²) in [5.41, 5.74) is 10.1. The zero-order chi connectivity index (χ0) is 27.2. The smallest absolute Gasteiger partial charge is 0.277 e. The van der Waals surface area contributed by atoms with Gasteiger partial charge >= 0.3 is 0 Å². The monoisotopic (exact) mass is 512 g/mol. The molecule has 38 heavy (non-hydrogen) atoms. The zero-order valence-corrected chi connectivity index (χ0v) is 21.9.